The van der Waals surface area contributed by atoms with Gasteiger partial charge in [-0.2, -0.15) is 4.98 Å². The molecule has 0 radical (unpaired) electrons. The third-order valence-electron chi connectivity index (χ3n) is 12.9. The highest BCUT2D eigenvalue weighted by Gasteiger charge is 2.34. The van der Waals surface area contributed by atoms with Crippen LogP contribution < -0.4 is 15.8 Å². The summed E-state index contributed by atoms with van der Waals surface area (Å²) in [6.45, 7) is 14.0. The molecule has 12 heteroatoms. The van der Waals surface area contributed by atoms with Gasteiger partial charge in [0.1, 0.15) is 11.5 Å². The summed E-state index contributed by atoms with van der Waals surface area (Å²) in [5.74, 6) is 0.817. The van der Waals surface area contributed by atoms with E-state index in [4.69, 9.17) is 4.98 Å². The van der Waals surface area contributed by atoms with Crippen molar-refractivity contribution in [3.63, 3.8) is 0 Å². The molecule has 3 aliphatic rings. The molecule has 59 heavy (non-hydrogen) atoms. The van der Waals surface area contributed by atoms with Crippen LogP contribution in [0.3, 0.4) is 0 Å². The number of benzene rings is 2. The first kappa shape index (κ1) is 40.5. The molecule has 0 spiro atoms. The van der Waals surface area contributed by atoms with Gasteiger partial charge in [-0.05, 0) is 92.8 Å². The third-order valence-corrected chi connectivity index (χ3v) is 12.9. The van der Waals surface area contributed by atoms with Crippen LogP contribution in [-0.4, -0.2) is 85.3 Å². The van der Waals surface area contributed by atoms with E-state index in [2.05, 4.69) is 67.2 Å². The van der Waals surface area contributed by atoms with Crippen LogP contribution >= 0.6 is 0 Å². The molecular weight excluding hydrogens is 741 g/mol. The lowest BCUT2D eigenvalue weighted by molar-refractivity contribution is -0.0278. The van der Waals surface area contributed by atoms with E-state index < -0.39 is 5.60 Å². The third kappa shape index (κ3) is 8.57. The number of aromatic nitrogens is 4. The SMILES string of the molecule is CCc1cc(C2(O)CCN(Cc3ccc(CN4CCN(c5ccc(Nc6ncc7c(C)c(C(C)=O)c(=O)n(C8CCCC8)c7n6)nc5)CC4)cc3)CC2)ccc1C(C)=O. The molecule has 2 aromatic carbocycles. The van der Waals surface area contributed by atoms with Crippen molar-refractivity contribution in [2.24, 2.45) is 0 Å². The average Bonchev–Trinajstić information content (AvgIpc) is 3.77. The fourth-order valence-electron chi connectivity index (χ4n) is 9.39. The lowest BCUT2D eigenvalue weighted by atomic mass is 9.82. The van der Waals surface area contributed by atoms with Crippen molar-refractivity contribution in [2.75, 3.05) is 49.5 Å². The van der Waals surface area contributed by atoms with E-state index in [0.717, 1.165) is 112 Å². The van der Waals surface area contributed by atoms with Gasteiger partial charge in [0.2, 0.25) is 5.95 Å². The molecule has 2 saturated heterocycles. The van der Waals surface area contributed by atoms with Crippen molar-refractivity contribution in [3.8, 4) is 0 Å². The van der Waals surface area contributed by atoms with E-state index in [0.29, 0.717) is 35.8 Å². The molecule has 0 amide bonds. The van der Waals surface area contributed by atoms with Crippen LogP contribution in [0.5, 0.6) is 0 Å². The number of ketones is 2. The first-order valence-corrected chi connectivity index (χ1v) is 21.3. The summed E-state index contributed by atoms with van der Waals surface area (Å²) in [5, 5.41) is 15.5. The van der Waals surface area contributed by atoms with Gasteiger partial charge in [-0.15, -0.1) is 0 Å². The predicted molar refractivity (Wildman–Crippen MR) is 232 cm³/mol. The molecule has 1 saturated carbocycles. The minimum atomic E-state index is -0.859. The molecule has 3 aromatic heterocycles. The Morgan fingerprint density at radius 1 is 0.831 bits per heavy atom. The van der Waals surface area contributed by atoms with Crippen LogP contribution in [0.25, 0.3) is 11.0 Å². The predicted octanol–water partition coefficient (Wildman–Crippen LogP) is 7.13. The van der Waals surface area contributed by atoms with Crippen molar-refractivity contribution in [3.05, 3.63) is 116 Å². The number of piperidine rings is 1. The van der Waals surface area contributed by atoms with Crippen LogP contribution in [0.2, 0.25) is 0 Å². The summed E-state index contributed by atoms with van der Waals surface area (Å²) in [6, 6.07) is 18.9. The summed E-state index contributed by atoms with van der Waals surface area (Å²) in [5.41, 5.74) is 6.63. The molecule has 0 unspecified atom stereocenters. The molecule has 0 atom stereocenters. The first-order chi connectivity index (χ1) is 28.5. The molecule has 2 aliphatic heterocycles. The number of aliphatic hydroxyl groups is 1. The Hall–Kier alpha value is -5.30. The number of pyridine rings is 2. The molecule has 12 nitrogen and oxygen atoms in total. The van der Waals surface area contributed by atoms with Crippen molar-refractivity contribution >= 4 is 40.1 Å². The quantitative estimate of drug-likeness (QED) is 0.125. The number of aryl methyl sites for hydroxylation is 2. The van der Waals surface area contributed by atoms with Crippen LogP contribution in [-0.2, 0) is 25.1 Å². The maximum absolute atomic E-state index is 13.6. The fraction of sp³-hybridized carbons (Fsp3) is 0.447. The normalized spacial score (nSPS) is 17.7. The monoisotopic (exact) mass is 796 g/mol. The van der Waals surface area contributed by atoms with Gasteiger partial charge in [0.05, 0.1) is 23.0 Å². The van der Waals surface area contributed by atoms with Crippen LogP contribution in [0.4, 0.5) is 17.5 Å². The van der Waals surface area contributed by atoms with Gasteiger partial charge >= 0.3 is 0 Å². The summed E-state index contributed by atoms with van der Waals surface area (Å²) in [4.78, 5) is 59.4. The largest absolute Gasteiger partial charge is 0.385 e. The number of piperazine rings is 1. The van der Waals surface area contributed by atoms with E-state index in [-0.39, 0.29) is 28.7 Å². The second-order valence-corrected chi connectivity index (χ2v) is 16.8. The van der Waals surface area contributed by atoms with Gasteiger partial charge in [0, 0.05) is 75.5 Å². The summed E-state index contributed by atoms with van der Waals surface area (Å²) >= 11 is 0. The fourth-order valence-corrected chi connectivity index (χ4v) is 9.39. The number of nitrogens with zero attached hydrogens (tertiary/aromatic N) is 7. The van der Waals surface area contributed by atoms with E-state index in [1.807, 2.05) is 30.5 Å². The minimum Gasteiger partial charge on any atom is -0.385 e. The topological polar surface area (TPSA) is 137 Å². The minimum absolute atomic E-state index is 0.0211. The van der Waals surface area contributed by atoms with E-state index in [1.165, 1.54) is 18.1 Å². The van der Waals surface area contributed by atoms with E-state index in [1.54, 1.807) is 24.6 Å². The molecular formula is C47H56N8O4. The highest BCUT2D eigenvalue weighted by atomic mass is 16.3. The smallest absolute Gasteiger partial charge is 0.263 e. The Labute approximate surface area is 346 Å². The number of rotatable bonds is 12. The van der Waals surface area contributed by atoms with Gasteiger partial charge in [-0.25, -0.2) is 9.97 Å². The van der Waals surface area contributed by atoms with Crippen molar-refractivity contribution in [2.45, 2.75) is 97.4 Å². The number of carbonyl (C=O) groups excluding carboxylic acids is 2. The van der Waals surface area contributed by atoms with Gasteiger partial charge in [0.15, 0.2) is 11.6 Å². The number of likely N-dealkylation sites (tertiary alicyclic amines) is 1. The maximum atomic E-state index is 13.6. The molecule has 308 valence electrons. The second kappa shape index (κ2) is 17.1. The Bertz CT molecular complexity index is 2390. The summed E-state index contributed by atoms with van der Waals surface area (Å²) < 4.78 is 1.73. The molecule has 8 rings (SSSR count). The number of hydrogen-bond donors (Lipinski definition) is 2. The highest BCUT2D eigenvalue weighted by Crippen LogP contribution is 2.35. The second-order valence-electron chi connectivity index (χ2n) is 16.8. The highest BCUT2D eigenvalue weighted by molar-refractivity contribution is 5.99. The van der Waals surface area contributed by atoms with Crippen LogP contribution in [0.1, 0.15) is 114 Å². The average molecular weight is 797 g/mol. The molecule has 1 aliphatic carbocycles. The molecule has 2 N–H and O–H groups in total. The summed E-state index contributed by atoms with van der Waals surface area (Å²) in [6.07, 6.45) is 9.60. The lowest BCUT2D eigenvalue weighted by Gasteiger charge is -2.39. The van der Waals surface area contributed by atoms with E-state index in [9.17, 15) is 19.5 Å². The van der Waals surface area contributed by atoms with Gasteiger partial charge in [-0.3, -0.25) is 28.8 Å². The zero-order valence-electron chi connectivity index (χ0n) is 34.8. The first-order valence-electron chi connectivity index (χ1n) is 21.3. The van der Waals surface area contributed by atoms with Gasteiger partial charge in [0.25, 0.3) is 5.56 Å². The Morgan fingerprint density at radius 3 is 2.08 bits per heavy atom. The van der Waals surface area contributed by atoms with Crippen molar-refractivity contribution in [1.82, 2.24) is 29.3 Å². The van der Waals surface area contributed by atoms with Crippen molar-refractivity contribution < 1.29 is 14.7 Å². The Kier molecular flexibility index (Phi) is 11.7. The standard InChI is InChI=1S/C47H56N8O4/c1-5-36-26-37(14-16-40(36)32(3)56)47(59)18-20-52(21-19-47)29-34-10-12-35(13-11-34)30-53-22-24-54(25-23-53)39-15-17-42(48-27-39)50-46-49-28-41-31(2)43(33(4)57)45(58)55(44(41)51-46)38-8-6-7-9-38/h10-17,26-28,38,59H,5-9,18-25,29-30H2,1-4H3,(H,48,49,50,51). The van der Waals surface area contributed by atoms with E-state index >= 15 is 0 Å². The number of hydrogen-bond acceptors (Lipinski definition) is 11. The van der Waals surface area contributed by atoms with Gasteiger partial charge < -0.3 is 15.3 Å². The Balaban J connectivity index is 0.824. The molecule has 3 fully saturated rings. The zero-order valence-corrected chi connectivity index (χ0v) is 34.8. The van der Waals surface area contributed by atoms with Crippen molar-refractivity contribution in [1.29, 1.82) is 0 Å². The Morgan fingerprint density at radius 2 is 1.49 bits per heavy atom. The lowest BCUT2D eigenvalue weighted by Crippen LogP contribution is -2.46. The summed E-state index contributed by atoms with van der Waals surface area (Å²) in [7, 11) is 0. The maximum Gasteiger partial charge on any atom is 0.263 e. The number of nitrogens with one attached hydrogen (secondary N) is 1. The van der Waals surface area contributed by atoms with Crippen LogP contribution in [0.15, 0.2) is 71.8 Å². The molecule has 5 heterocycles. The van der Waals surface area contributed by atoms with Crippen LogP contribution in [0, 0.1) is 6.92 Å². The number of carbonyl (C=O) groups is 2. The van der Waals surface area contributed by atoms with Gasteiger partial charge in [-0.1, -0.05) is 62.2 Å². The number of fused-ring (bicyclic) bond motifs is 1. The number of Topliss-reactive ketones (excluding diaryl/α,β-unsaturated/α-hetero) is 2. The number of anilines is 3. The molecule has 5 aromatic rings. The molecule has 0 bridgehead atoms. The zero-order chi connectivity index (χ0) is 41.3.